The molecule has 4 rings (SSSR count). The van der Waals surface area contributed by atoms with Crippen LogP contribution in [0.15, 0.2) is 47.0 Å². The Kier molecular flexibility index (Phi) is 5.05. The van der Waals surface area contributed by atoms with Crippen molar-refractivity contribution in [3.05, 3.63) is 76.4 Å². The fraction of sp³-hybridized carbons (Fsp3) is 0.263. The van der Waals surface area contributed by atoms with Crippen LogP contribution in [0.2, 0.25) is 5.02 Å². The SMILES string of the molecule is Fc1cccc(OCc2noc([C@H]3CCO[C@@H]3c3ccc(Cl)c(F)c3)n2)c1. The molecule has 140 valence electrons. The minimum absolute atomic E-state index is 0.0424. The molecule has 2 heterocycles. The molecule has 0 bridgehead atoms. The lowest BCUT2D eigenvalue weighted by Crippen LogP contribution is -2.07. The molecule has 1 aliphatic rings. The Morgan fingerprint density at radius 1 is 1.19 bits per heavy atom. The van der Waals surface area contributed by atoms with Gasteiger partial charge < -0.3 is 14.0 Å². The third-order valence-electron chi connectivity index (χ3n) is 4.33. The summed E-state index contributed by atoms with van der Waals surface area (Å²) in [4.78, 5) is 4.35. The molecule has 3 aromatic rings. The number of benzene rings is 2. The minimum atomic E-state index is -0.502. The Morgan fingerprint density at radius 2 is 2.07 bits per heavy atom. The molecule has 0 spiro atoms. The summed E-state index contributed by atoms with van der Waals surface area (Å²) in [6.45, 7) is 0.540. The second-order valence-electron chi connectivity index (χ2n) is 6.15. The van der Waals surface area contributed by atoms with Crippen molar-refractivity contribution in [3.63, 3.8) is 0 Å². The van der Waals surface area contributed by atoms with E-state index in [2.05, 4.69) is 10.1 Å². The van der Waals surface area contributed by atoms with E-state index in [1.54, 1.807) is 18.2 Å². The molecule has 27 heavy (non-hydrogen) atoms. The number of aromatic nitrogens is 2. The van der Waals surface area contributed by atoms with Gasteiger partial charge in [0.05, 0.1) is 17.0 Å². The minimum Gasteiger partial charge on any atom is -0.485 e. The topological polar surface area (TPSA) is 57.4 Å². The van der Waals surface area contributed by atoms with Crippen molar-refractivity contribution in [3.8, 4) is 5.75 Å². The first-order chi connectivity index (χ1) is 13.1. The maximum absolute atomic E-state index is 13.8. The summed E-state index contributed by atoms with van der Waals surface area (Å²) >= 11 is 5.75. The molecular weight excluding hydrogens is 378 g/mol. The van der Waals surface area contributed by atoms with Gasteiger partial charge in [-0.15, -0.1) is 0 Å². The molecule has 0 saturated carbocycles. The molecule has 2 atom stereocenters. The molecule has 0 unspecified atom stereocenters. The van der Waals surface area contributed by atoms with Crippen molar-refractivity contribution in [1.82, 2.24) is 10.1 Å². The third kappa shape index (κ3) is 3.94. The molecule has 8 heteroatoms. The maximum Gasteiger partial charge on any atom is 0.232 e. The number of rotatable bonds is 5. The number of halogens is 3. The zero-order valence-electron chi connectivity index (χ0n) is 14.1. The standard InChI is InChI=1S/C19H15ClF2N2O3/c20-15-5-4-11(8-16(15)22)18-14(6-7-25-18)19-23-17(24-27-19)10-26-13-3-1-2-12(21)9-13/h1-5,8-9,14,18H,6-7,10H2/t14-,18+/m0/s1. The number of nitrogens with zero attached hydrogens (tertiary/aromatic N) is 2. The molecule has 0 radical (unpaired) electrons. The van der Waals surface area contributed by atoms with Gasteiger partial charge in [0, 0.05) is 12.7 Å². The Labute approximate surface area is 158 Å². The normalized spacial score (nSPS) is 19.4. The van der Waals surface area contributed by atoms with Crippen LogP contribution in [-0.4, -0.2) is 16.7 Å². The van der Waals surface area contributed by atoms with Crippen LogP contribution < -0.4 is 4.74 Å². The van der Waals surface area contributed by atoms with E-state index in [1.807, 2.05) is 0 Å². The van der Waals surface area contributed by atoms with Gasteiger partial charge in [-0.3, -0.25) is 0 Å². The summed E-state index contributed by atoms with van der Waals surface area (Å²) in [6, 6.07) is 10.4. The number of hydrogen-bond donors (Lipinski definition) is 0. The van der Waals surface area contributed by atoms with Crippen molar-refractivity contribution >= 4 is 11.6 Å². The van der Waals surface area contributed by atoms with E-state index in [-0.39, 0.29) is 23.4 Å². The Hall–Kier alpha value is -2.51. The molecule has 1 aliphatic heterocycles. The van der Waals surface area contributed by atoms with E-state index in [9.17, 15) is 8.78 Å². The smallest absolute Gasteiger partial charge is 0.232 e. The van der Waals surface area contributed by atoms with Crippen LogP contribution in [0.4, 0.5) is 8.78 Å². The Bertz CT molecular complexity index is 950. The van der Waals surface area contributed by atoms with E-state index >= 15 is 0 Å². The number of hydrogen-bond acceptors (Lipinski definition) is 5. The van der Waals surface area contributed by atoms with Gasteiger partial charge in [-0.1, -0.05) is 28.9 Å². The average molecular weight is 393 g/mol. The zero-order valence-corrected chi connectivity index (χ0v) is 14.8. The Balaban J connectivity index is 1.47. The van der Waals surface area contributed by atoms with E-state index in [0.717, 1.165) is 0 Å². The van der Waals surface area contributed by atoms with Gasteiger partial charge in [0.1, 0.15) is 17.4 Å². The maximum atomic E-state index is 13.8. The van der Waals surface area contributed by atoms with E-state index in [4.69, 9.17) is 25.6 Å². The number of ether oxygens (including phenoxy) is 2. The Morgan fingerprint density at radius 3 is 2.89 bits per heavy atom. The van der Waals surface area contributed by atoms with Gasteiger partial charge in [0.25, 0.3) is 0 Å². The van der Waals surface area contributed by atoms with Gasteiger partial charge in [-0.2, -0.15) is 4.98 Å². The van der Waals surface area contributed by atoms with Crippen LogP contribution >= 0.6 is 11.6 Å². The second-order valence-corrected chi connectivity index (χ2v) is 6.56. The van der Waals surface area contributed by atoms with Gasteiger partial charge >= 0.3 is 0 Å². The molecule has 1 saturated heterocycles. The first-order valence-electron chi connectivity index (χ1n) is 8.37. The largest absolute Gasteiger partial charge is 0.485 e. The summed E-state index contributed by atoms with van der Waals surface area (Å²) in [7, 11) is 0. The van der Waals surface area contributed by atoms with E-state index < -0.39 is 11.9 Å². The molecular formula is C19H15ClF2N2O3. The highest BCUT2D eigenvalue weighted by atomic mass is 35.5. The van der Waals surface area contributed by atoms with Crippen molar-refractivity contribution < 1.29 is 22.8 Å². The lowest BCUT2D eigenvalue weighted by Gasteiger charge is -2.16. The fourth-order valence-corrected chi connectivity index (χ4v) is 3.16. The molecule has 1 fully saturated rings. The van der Waals surface area contributed by atoms with Crippen molar-refractivity contribution in [2.24, 2.45) is 0 Å². The molecule has 0 N–H and O–H groups in total. The average Bonchev–Trinajstić information content (AvgIpc) is 3.31. The molecule has 0 amide bonds. The first-order valence-corrected chi connectivity index (χ1v) is 8.75. The first kappa shape index (κ1) is 17.9. The van der Waals surface area contributed by atoms with Crippen molar-refractivity contribution in [2.75, 3.05) is 6.61 Å². The highest BCUT2D eigenvalue weighted by Gasteiger charge is 2.35. The lowest BCUT2D eigenvalue weighted by atomic mass is 9.95. The van der Waals surface area contributed by atoms with Crippen LogP contribution in [0.1, 0.15) is 35.7 Å². The van der Waals surface area contributed by atoms with Gasteiger partial charge in [0.2, 0.25) is 11.7 Å². The summed E-state index contributed by atoms with van der Waals surface area (Å²) in [5.74, 6) is 0.0227. The van der Waals surface area contributed by atoms with Crippen LogP contribution in [0, 0.1) is 11.6 Å². The summed E-state index contributed by atoms with van der Waals surface area (Å²) in [5.41, 5.74) is 0.662. The molecule has 0 aliphatic carbocycles. The van der Waals surface area contributed by atoms with Gasteiger partial charge in [0.15, 0.2) is 6.61 Å². The monoisotopic (exact) mass is 392 g/mol. The van der Waals surface area contributed by atoms with Crippen LogP contribution in [0.3, 0.4) is 0 Å². The predicted octanol–water partition coefficient (Wildman–Crippen LogP) is 4.83. The van der Waals surface area contributed by atoms with Crippen molar-refractivity contribution in [2.45, 2.75) is 25.0 Å². The highest BCUT2D eigenvalue weighted by Crippen LogP contribution is 2.41. The van der Waals surface area contributed by atoms with Crippen LogP contribution in [0.25, 0.3) is 0 Å². The summed E-state index contributed by atoms with van der Waals surface area (Å²) in [5, 5.41) is 3.96. The predicted molar refractivity (Wildman–Crippen MR) is 92.5 cm³/mol. The van der Waals surface area contributed by atoms with Crippen LogP contribution in [0.5, 0.6) is 5.75 Å². The van der Waals surface area contributed by atoms with Crippen molar-refractivity contribution in [1.29, 1.82) is 0 Å². The zero-order chi connectivity index (χ0) is 18.8. The van der Waals surface area contributed by atoms with Gasteiger partial charge in [-0.05, 0) is 36.2 Å². The molecule has 5 nitrogen and oxygen atoms in total. The summed E-state index contributed by atoms with van der Waals surface area (Å²) in [6.07, 6.45) is 0.274. The third-order valence-corrected chi connectivity index (χ3v) is 4.64. The fourth-order valence-electron chi connectivity index (χ4n) is 3.04. The molecule has 1 aromatic heterocycles. The second kappa shape index (κ2) is 7.62. The lowest BCUT2D eigenvalue weighted by molar-refractivity contribution is 0.0984. The summed E-state index contributed by atoms with van der Waals surface area (Å²) < 4.78 is 43.5. The van der Waals surface area contributed by atoms with E-state index in [1.165, 1.54) is 24.3 Å². The van der Waals surface area contributed by atoms with Crippen LogP contribution in [-0.2, 0) is 11.3 Å². The molecule has 2 aromatic carbocycles. The quantitative estimate of drug-likeness (QED) is 0.622. The highest BCUT2D eigenvalue weighted by molar-refractivity contribution is 6.30. The van der Waals surface area contributed by atoms with Gasteiger partial charge in [-0.25, -0.2) is 8.78 Å². The van der Waals surface area contributed by atoms with E-state index in [0.29, 0.717) is 36.1 Å².